The highest BCUT2D eigenvalue weighted by atomic mass is 16.5. The Morgan fingerprint density at radius 2 is 1.18 bits per heavy atom. The van der Waals surface area contributed by atoms with Gasteiger partial charge in [-0.25, -0.2) is 0 Å². The molecule has 0 heterocycles. The Labute approximate surface area is 174 Å². The first-order valence-corrected chi connectivity index (χ1v) is 11.8. The lowest BCUT2D eigenvalue weighted by molar-refractivity contribution is 0.294. The third kappa shape index (κ3) is 10.8. The quantitative estimate of drug-likeness (QED) is 0.249. The van der Waals surface area contributed by atoms with Crippen molar-refractivity contribution < 1.29 is 9.47 Å². The molecule has 160 valence electrons. The smallest absolute Gasteiger partial charge is 0.127 e. The third-order valence-corrected chi connectivity index (χ3v) is 5.16. The van der Waals surface area contributed by atoms with Gasteiger partial charge in [0.05, 0.1) is 13.2 Å². The van der Waals surface area contributed by atoms with Gasteiger partial charge < -0.3 is 9.47 Å². The van der Waals surface area contributed by atoms with Gasteiger partial charge in [0, 0.05) is 5.56 Å². The van der Waals surface area contributed by atoms with Gasteiger partial charge in [0.25, 0.3) is 0 Å². The zero-order chi connectivity index (χ0) is 20.5. The summed E-state index contributed by atoms with van der Waals surface area (Å²) in [5.74, 6) is 1.98. The van der Waals surface area contributed by atoms with Gasteiger partial charge in [-0.3, -0.25) is 0 Å². The molecule has 0 aliphatic heterocycles. The zero-order valence-corrected chi connectivity index (χ0v) is 19.0. The van der Waals surface area contributed by atoms with Crippen LogP contribution in [0.25, 0.3) is 6.08 Å². The molecule has 2 nitrogen and oxygen atoms in total. The second-order valence-electron chi connectivity index (χ2n) is 7.89. The first kappa shape index (κ1) is 24.6. The van der Waals surface area contributed by atoms with Crippen molar-refractivity contribution in [3.63, 3.8) is 0 Å². The van der Waals surface area contributed by atoms with Gasteiger partial charge in [-0.05, 0) is 44.4 Å². The number of unbranched alkanes of at least 4 members (excludes halogenated alkanes) is 10. The van der Waals surface area contributed by atoms with Crippen molar-refractivity contribution in [1.29, 1.82) is 0 Å². The number of hydrogen-bond donors (Lipinski definition) is 0. The molecule has 0 radical (unpaired) electrons. The van der Waals surface area contributed by atoms with Gasteiger partial charge in [-0.2, -0.15) is 0 Å². The second-order valence-corrected chi connectivity index (χ2v) is 7.89. The van der Waals surface area contributed by atoms with Crippen LogP contribution in [0.4, 0.5) is 0 Å². The van der Waals surface area contributed by atoms with Crippen LogP contribution in [0.5, 0.6) is 11.5 Å². The van der Waals surface area contributed by atoms with Crippen LogP contribution in [0.2, 0.25) is 0 Å². The van der Waals surface area contributed by atoms with Gasteiger partial charge in [-0.1, -0.05) is 90.2 Å². The molecule has 0 saturated carbocycles. The number of allylic oxidation sites excluding steroid dienone is 1. The largest absolute Gasteiger partial charge is 0.493 e. The monoisotopic (exact) mass is 388 g/mol. The van der Waals surface area contributed by atoms with E-state index < -0.39 is 0 Å². The van der Waals surface area contributed by atoms with E-state index in [1.54, 1.807) is 0 Å². The van der Waals surface area contributed by atoms with Crippen LogP contribution in [0, 0.1) is 6.92 Å². The first-order chi connectivity index (χ1) is 13.7. The standard InChI is InChI=1S/C26H44O2/c1-5-8-10-12-14-16-19-27-25-22-24(18-7-3)26(21-23(25)4)28-20-17-15-13-11-9-6-2/h7,18,21-22H,5-6,8-17,19-20H2,1-4H3/b18-7+. The molecule has 0 spiro atoms. The van der Waals surface area contributed by atoms with E-state index in [1.165, 1.54) is 64.2 Å². The molecule has 0 amide bonds. The molecule has 0 fully saturated rings. The molecule has 0 N–H and O–H groups in total. The van der Waals surface area contributed by atoms with Crippen LogP contribution in [0.3, 0.4) is 0 Å². The van der Waals surface area contributed by atoms with Crippen molar-refractivity contribution in [2.45, 2.75) is 105 Å². The minimum absolute atomic E-state index is 0.800. The van der Waals surface area contributed by atoms with Gasteiger partial charge in [-0.15, -0.1) is 0 Å². The van der Waals surface area contributed by atoms with Crippen LogP contribution < -0.4 is 9.47 Å². The molecule has 1 aromatic carbocycles. The zero-order valence-electron chi connectivity index (χ0n) is 19.0. The summed E-state index contributed by atoms with van der Waals surface area (Å²) in [6.07, 6.45) is 19.6. The van der Waals surface area contributed by atoms with Crippen LogP contribution in [0.1, 0.15) is 109 Å². The Hall–Kier alpha value is -1.44. The van der Waals surface area contributed by atoms with E-state index in [0.717, 1.165) is 48.7 Å². The van der Waals surface area contributed by atoms with Gasteiger partial charge in [0.1, 0.15) is 11.5 Å². The van der Waals surface area contributed by atoms with E-state index in [1.807, 2.05) is 6.92 Å². The fourth-order valence-corrected chi connectivity index (χ4v) is 3.40. The maximum absolute atomic E-state index is 6.11. The lowest BCUT2D eigenvalue weighted by Crippen LogP contribution is -2.02. The van der Waals surface area contributed by atoms with Gasteiger partial charge in [0.2, 0.25) is 0 Å². The Balaban J connectivity index is 2.46. The van der Waals surface area contributed by atoms with E-state index >= 15 is 0 Å². The summed E-state index contributed by atoms with van der Waals surface area (Å²) >= 11 is 0. The molecule has 0 aliphatic rings. The fraction of sp³-hybridized carbons (Fsp3) is 0.692. The third-order valence-electron chi connectivity index (χ3n) is 5.16. The molecule has 0 unspecified atom stereocenters. The molecular weight excluding hydrogens is 344 g/mol. The molecule has 1 aromatic rings. The summed E-state index contributed by atoms with van der Waals surface area (Å²) in [4.78, 5) is 0. The first-order valence-electron chi connectivity index (χ1n) is 11.8. The van der Waals surface area contributed by atoms with E-state index in [2.05, 4.69) is 45.1 Å². The minimum atomic E-state index is 0.800. The van der Waals surface area contributed by atoms with Crippen molar-refractivity contribution in [2.75, 3.05) is 13.2 Å². The Morgan fingerprint density at radius 3 is 1.71 bits per heavy atom. The Kier molecular flexibility index (Phi) is 14.5. The highest BCUT2D eigenvalue weighted by molar-refractivity contribution is 5.61. The van der Waals surface area contributed by atoms with Crippen molar-refractivity contribution in [3.8, 4) is 11.5 Å². The summed E-state index contributed by atoms with van der Waals surface area (Å²) in [5.41, 5.74) is 2.29. The summed E-state index contributed by atoms with van der Waals surface area (Å²) < 4.78 is 12.2. The summed E-state index contributed by atoms with van der Waals surface area (Å²) in [6.45, 7) is 10.3. The van der Waals surface area contributed by atoms with Crippen LogP contribution in [-0.4, -0.2) is 13.2 Å². The summed E-state index contributed by atoms with van der Waals surface area (Å²) in [5, 5.41) is 0. The summed E-state index contributed by atoms with van der Waals surface area (Å²) in [6, 6.07) is 4.28. The highest BCUT2D eigenvalue weighted by Gasteiger charge is 2.08. The van der Waals surface area contributed by atoms with Crippen LogP contribution >= 0.6 is 0 Å². The second kappa shape index (κ2) is 16.5. The number of rotatable bonds is 17. The van der Waals surface area contributed by atoms with Crippen molar-refractivity contribution in [2.24, 2.45) is 0 Å². The van der Waals surface area contributed by atoms with Crippen LogP contribution in [-0.2, 0) is 0 Å². The molecule has 2 heteroatoms. The predicted octanol–water partition coefficient (Wildman–Crippen LogP) is 8.51. The summed E-state index contributed by atoms with van der Waals surface area (Å²) in [7, 11) is 0. The molecule has 0 bridgehead atoms. The lowest BCUT2D eigenvalue weighted by atomic mass is 10.1. The normalized spacial score (nSPS) is 11.3. The van der Waals surface area contributed by atoms with Gasteiger partial charge >= 0.3 is 0 Å². The number of benzene rings is 1. The average Bonchev–Trinajstić information content (AvgIpc) is 2.69. The molecule has 0 saturated heterocycles. The predicted molar refractivity (Wildman–Crippen MR) is 124 cm³/mol. The maximum Gasteiger partial charge on any atom is 0.127 e. The lowest BCUT2D eigenvalue weighted by Gasteiger charge is -2.15. The van der Waals surface area contributed by atoms with E-state index in [-0.39, 0.29) is 0 Å². The number of hydrogen-bond acceptors (Lipinski definition) is 2. The fourth-order valence-electron chi connectivity index (χ4n) is 3.40. The highest BCUT2D eigenvalue weighted by Crippen LogP contribution is 2.30. The topological polar surface area (TPSA) is 18.5 Å². The average molecular weight is 389 g/mol. The van der Waals surface area contributed by atoms with Crippen molar-refractivity contribution >= 4 is 6.08 Å². The van der Waals surface area contributed by atoms with E-state index in [0.29, 0.717) is 0 Å². The van der Waals surface area contributed by atoms with E-state index in [9.17, 15) is 0 Å². The Bertz CT molecular complexity index is 533. The number of aryl methyl sites for hydroxylation is 1. The SMILES string of the molecule is C/C=C/c1cc(OCCCCCCCC)c(C)cc1OCCCCCCCC. The molecular formula is C26H44O2. The van der Waals surface area contributed by atoms with Crippen molar-refractivity contribution in [3.05, 3.63) is 29.3 Å². The molecule has 0 aromatic heterocycles. The molecule has 28 heavy (non-hydrogen) atoms. The molecule has 1 rings (SSSR count). The van der Waals surface area contributed by atoms with Crippen molar-refractivity contribution in [1.82, 2.24) is 0 Å². The maximum atomic E-state index is 6.11. The van der Waals surface area contributed by atoms with Gasteiger partial charge in [0.15, 0.2) is 0 Å². The van der Waals surface area contributed by atoms with E-state index in [4.69, 9.17) is 9.47 Å². The molecule has 0 atom stereocenters. The minimum Gasteiger partial charge on any atom is -0.493 e. The van der Waals surface area contributed by atoms with Crippen LogP contribution in [0.15, 0.2) is 18.2 Å². The number of ether oxygens (including phenoxy) is 2. The Morgan fingerprint density at radius 1 is 0.679 bits per heavy atom. The molecule has 0 aliphatic carbocycles.